The number of carbonyl (C=O) groups excluding carboxylic acids is 1. The lowest BCUT2D eigenvalue weighted by Crippen LogP contribution is -2.17. The second-order valence-corrected chi connectivity index (χ2v) is 6.64. The van der Waals surface area contributed by atoms with Gasteiger partial charge >= 0.3 is 6.18 Å². The normalized spacial score (nSPS) is 12.0. The molecule has 1 amide bonds. The van der Waals surface area contributed by atoms with Crippen LogP contribution in [0.1, 0.15) is 16.2 Å². The topological polar surface area (TPSA) is 89.0 Å². The molecule has 0 spiro atoms. The Morgan fingerprint density at radius 1 is 1.17 bits per heavy atom. The van der Waals surface area contributed by atoms with Crippen LogP contribution in [0, 0.1) is 5.82 Å². The molecule has 1 aromatic heterocycles. The third-order valence-corrected chi connectivity index (χ3v) is 3.90. The number of anilines is 1. The van der Waals surface area contributed by atoms with E-state index < -0.39 is 38.5 Å². The summed E-state index contributed by atoms with van der Waals surface area (Å²) in [7, 11) is -3.84. The summed E-state index contributed by atoms with van der Waals surface area (Å²) in [5.41, 5.74) is -0.546. The summed E-state index contributed by atoms with van der Waals surface area (Å²) in [6.07, 6.45) is -2.64. The van der Waals surface area contributed by atoms with Crippen molar-refractivity contribution >= 4 is 21.4 Å². The zero-order valence-electron chi connectivity index (χ0n) is 11.9. The molecule has 0 fully saturated rings. The fourth-order valence-corrected chi connectivity index (χ4v) is 2.54. The Labute approximate surface area is 133 Å². The number of hydrogen-bond acceptors (Lipinski definition) is 5. The summed E-state index contributed by atoms with van der Waals surface area (Å²) in [5.74, 6) is -3.19. The van der Waals surface area contributed by atoms with Gasteiger partial charge in [0.15, 0.2) is 9.84 Å². The first-order valence-electron chi connectivity index (χ1n) is 6.18. The Hall–Kier alpha value is -2.56. The van der Waals surface area contributed by atoms with Crippen molar-refractivity contribution in [3.8, 4) is 0 Å². The molecule has 1 heterocycles. The minimum absolute atomic E-state index is 0.219. The molecule has 0 saturated heterocycles. The number of carbonyl (C=O) groups is 1. The van der Waals surface area contributed by atoms with Gasteiger partial charge in [-0.1, -0.05) is 0 Å². The molecule has 2 aromatic rings. The minimum atomic E-state index is -4.75. The van der Waals surface area contributed by atoms with Crippen LogP contribution in [0.5, 0.6) is 0 Å². The highest BCUT2D eigenvalue weighted by molar-refractivity contribution is 7.90. The van der Waals surface area contributed by atoms with Crippen molar-refractivity contribution in [2.75, 3.05) is 11.6 Å². The van der Waals surface area contributed by atoms with E-state index in [0.717, 1.165) is 18.4 Å². The van der Waals surface area contributed by atoms with E-state index in [-0.39, 0.29) is 11.3 Å². The van der Waals surface area contributed by atoms with Gasteiger partial charge in [0.2, 0.25) is 5.82 Å². The maximum Gasteiger partial charge on any atom is 0.451 e. The quantitative estimate of drug-likeness (QED) is 0.846. The maximum atomic E-state index is 13.2. The Morgan fingerprint density at radius 2 is 1.75 bits per heavy atom. The Morgan fingerprint density at radius 3 is 2.25 bits per heavy atom. The third kappa shape index (κ3) is 4.04. The number of rotatable bonds is 3. The molecule has 0 aliphatic heterocycles. The van der Waals surface area contributed by atoms with E-state index in [9.17, 15) is 30.8 Å². The van der Waals surface area contributed by atoms with Gasteiger partial charge in [0, 0.05) is 18.6 Å². The molecule has 0 saturated carbocycles. The van der Waals surface area contributed by atoms with Crippen LogP contribution < -0.4 is 5.32 Å². The zero-order valence-corrected chi connectivity index (χ0v) is 12.7. The van der Waals surface area contributed by atoms with E-state index in [1.54, 1.807) is 0 Å². The highest BCUT2D eigenvalue weighted by atomic mass is 32.2. The predicted octanol–water partition coefficient (Wildman–Crippen LogP) is 2.29. The lowest BCUT2D eigenvalue weighted by Gasteiger charge is -2.10. The van der Waals surface area contributed by atoms with E-state index in [2.05, 4.69) is 15.3 Å². The molecule has 0 radical (unpaired) electrons. The number of amides is 1. The molecule has 11 heteroatoms. The van der Waals surface area contributed by atoms with Crippen molar-refractivity contribution in [1.82, 2.24) is 9.97 Å². The standard InChI is InChI=1S/C13H9F4N3O3S/c1-24(22,23)10-4-8(14)2-3-9(10)20-11(21)7-5-18-12(19-6-7)13(15,16)17/h2-6H,1H3,(H,20,21). The number of alkyl halides is 3. The van der Waals surface area contributed by atoms with Gasteiger partial charge in [0.1, 0.15) is 5.82 Å². The molecule has 128 valence electrons. The second kappa shape index (κ2) is 6.15. The Kier molecular flexibility index (Phi) is 4.56. The summed E-state index contributed by atoms with van der Waals surface area (Å²) >= 11 is 0. The molecule has 24 heavy (non-hydrogen) atoms. The highest BCUT2D eigenvalue weighted by Gasteiger charge is 2.34. The number of aromatic nitrogens is 2. The van der Waals surface area contributed by atoms with Gasteiger partial charge in [0.25, 0.3) is 5.91 Å². The van der Waals surface area contributed by atoms with Crippen LogP contribution >= 0.6 is 0 Å². The van der Waals surface area contributed by atoms with Crippen molar-refractivity contribution in [3.05, 3.63) is 47.8 Å². The van der Waals surface area contributed by atoms with Gasteiger partial charge in [-0.15, -0.1) is 0 Å². The fraction of sp³-hybridized carbons (Fsp3) is 0.154. The Balaban J connectivity index is 2.31. The first-order chi connectivity index (χ1) is 11.0. The van der Waals surface area contributed by atoms with E-state index in [1.807, 2.05) is 0 Å². The number of sulfone groups is 1. The molecule has 0 aliphatic carbocycles. The molecule has 0 bridgehead atoms. The molecular weight excluding hydrogens is 354 g/mol. The lowest BCUT2D eigenvalue weighted by molar-refractivity contribution is -0.145. The van der Waals surface area contributed by atoms with E-state index in [1.165, 1.54) is 0 Å². The van der Waals surface area contributed by atoms with Crippen LogP contribution in [0.3, 0.4) is 0 Å². The van der Waals surface area contributed by atoms with E-state index >= 15 is 0 Å². The number of nitrogens with zero attached hydrogens (tertiary/aromatic N) is 2. The van der Waals surface area contributed by atoms with Crippen LogP contribution in [-0.2, 0) is 16.0 Å². The monoisotopic (exact) mass is 363 g/mol. The zero-order chi connectivity index (χ0) is 18.1. The van der Waals surface area contributed by atoms with Crippen LogP contribution in [0.4, 0.5) is 23.2 Å². The van der Waals surface area contributed by atoms with Crippen LogP contribution in [-0.4, -0.2) is 30.5 Å². The molecular formula is C13H9F4N3O3S. The molecule has 2 rings (SSSR count). The number of halogens is 4. The highest BCUT2D eigenvalue weighted by Crippen LogP contribution is 2.26. The summed E-state index contributed by atoms with van der Waals surface area (Å²) in [6, 6.07) is 2.66. The Bertz CT molecular complexity index is 880. The molecule has 1 N–H and O–H groups in total. The summed E-state index contributed by atoms with van der Waals surface area (Å²) < 4.78 is 73.5. The van der Waals surface area contributed by atoms with Crippen LogP contribution in [0.15, 0.2) is 35.5 Å². The van der Waals surface area contributed by atoms with Gasteiger partial charge in [0.05, 0.1) is 16.1 Å². The molecule has 6 nitrogen and oxygen atoms in total. The summed E-state index contributed by atoms with van der Waals surface area (Å²) in [5, 5.41) is 2.17. The van der Waals surface area contributed by atoms with Crippen molar-refractivity contribution in [2.45, 2.75) is 11.1 Å². The first kappa shape index (κ1) is 17.8. The summed E-state index contributed by atoms with van der Waals surface area (Å²) in [6.45, 7) is 0. The molecule has 0 atom stereocenters. The summed E-state index contributed by atoms with van der Waals surface area (Å²) in [4.78, 5) is 17.6. The number of benzene rings is 1. The number of nitrogens with one attached hydrogen (secondary N) is 1. The van der Waals surface area contributed by atoms with Crippen molar-refractivity contribution in [1.29, 1.82) is 0 Å². The van der Waals surface area contributed by atoms with Gasteiger partial charge < -0.3 is 5.32 Å². The van der Waals surface area contributed by atoms with E-state index in [4.69, 9.17) is 0 Å². The second-order valence-electron chi connectivity index (χ2n) is 4.66. The molecule has 0 aliphatic rings. The average molecular weight is 363 g/mol. The van der Waals surface area contributed by atoms with Gasteiger partial charge in [-0.05, 0) is 18.2 Å². The van der Waals surface area contributed by atoms with Crippen LogP contribution in [0.25, 0.3) is 0 Å². The minimum Gasteiger partial charge on any atom is -0.321 e. The van der Waals surface area contributed by atoms with Crippen LogP contribution in [0.2, 0.25) is 0 Å². The van der Waals surface area contributed by atoms with Gasteiger partial charge in [-0.3, -0.25) is 4.79 Å². The fourth-order valence-electron chi connectivity index (χ4n) is 1.69. The smallest absolute Gasteiger partial charge is 0.321 e. The van der Waals surface area contributed by atoms with E-state index in [0.29, 0.717) is 18.5 Å². The first-order valence-corrected chi connectivity index (χ1v) is 8.08. The van der Waals surface area contributed by atoms with Crippen molar-refractivity contribution < 1.29 is 30.8 Å². The average Bonchev–Trinajstić information content (AvgIpc) is 2.47. The van der Waals surface area contributed by atoms with Crippen molar-refractivity contribution in [2.24, 2.45) is 0 Å². The SMILES string of the molecule is CS(=O)(=O)c1cc(F)ccc1NC(=O)c1cnc(C(F)(F)F)nc1. The largest absolute Gasteiger partial charge is 0.451 e. The predicted molar refractivity (Wildman–Crippen MR) is 74.5 cm³/mol. The van der Waals surface area contributed by atoms with Crippen molar-refractivity contribution in [3.63, 3.8) is 0 Å². The van der Waals surface area contributed by atoms with Gasteiger partial charge in [-0.2, -0.15) is 13.2 Å². The lowest BCUT2D eigenvalue weighted by atomic mass is 10.2. The third-order valence-electron chi connectivity index (χ3n) is 2.76. The molecule has 1 aromatic carbocycles. The molecule has 0 unspecified atom stereocenters. The number of hydrogen-bond donors (Lipinski definition) is 1. The van der Waals surface area contributed by atoms with Gasteiger partial charge in [-0.25, -0.2) is 22.8 Å². The maximum absolute atomic E-state index is 13.2.